The van der Waals surface area contributed by atoms with E-state index < -0.39 is 16.0 Å². The van der Waals surface area contributed by atoms with Gasteiger partial charge in [-0.3, -0.25) is 0 Å². The van der Waals surface area contributed by atoms with Crippen LogP contribution in [0.4, 0.5) is 0 Å². The van der Waals surface area contributed by atoms with E-state index in [2.05, 4.69) is 11.6 Å². The van der Waals surface area contributed by atoms with Gasteiger partial charge in [0.2, 0.25) is 10.0 Å². The first-order chi connectivity index (χ1) is 9.85. The average Bonchev–Trinajstić information content (AvgIpc) is 2.97. The smallest absolute Gasteiger partial charge is 0.352 e. The first-order valence-corrected chi connectivity index (χ1v) is 9.42. The van der Waals surface area contributed by atoms with Crippen LogP contribution >= 0.6 is 11.8 Å². The lowest BCUT2D eigenvalue weighted by Crippen LogP contribution is -2.38. The maximum atomic E-state index is 12.4. The molecule has 8 heteroatoms. The lowest BCUT2D eigenvalue weighted by molar-refractivity contribution is 0.0686. The number of carbonyl (C=O) groups is 1. The predicted octanol–water partition coefficient (Wildman–Crippen LogP) is 1.68. The van der Waals surface area contributed by atoms with Gasteiger partial charge in [-0.1, -0.05) is 13.3 Å². The average molecular weight is 332 g/mol. The Bertz CT molecular complexity index is 624. The summed E-state index contributed by atoms with van der Waals surface area (Å²) in [5, 5.41) is 9.30. The van der Waals surface area contributed by atoms with Crippen LogP contribution in [0.5, 0.6) is 0 Å². The Morgan fingerprint density at radius 1 is 1.52 bits per heavy atom. The molecule has 2 atom stereocenters. The molecule has 1 heterocycles. The fourth-order valence-electron chi connectivity index (χ4n) is 2.64. The highest BCUT2D eigenvalue weighted by Gasteiger charge is 2.32. The Labute approximate surface area is 129 Å². The van der Waals surface area contributed by atoms with Gasteiger partial charge < -0.3 is 9.67 Å². The summed E-state index contributed by atoms with van der Waals surface area (Å²) in [5.41, 5.74) is -0.0405. The molecule has 1 saturated carbocycles. The van der Waals surface area contributed by atoms with Gasteiger partial charge in [0.05, 0.1) is 0 Å². The first kappa shape index (κ1) is 16.4. The number of carboxylic acids is 1. The molecule has 0 amide bonds. The fourth-order valence-corrected chi connectivity index (χ4v) is 5.30. The Morgan fingerprint density at radius 2 is 2.24 bits per heavy atom. The van der Waals surface area contributed by atoms with Crippen molar-refractivity contribution >= 4 is 27.8 Å². The lowest BCUT2D eigenvalue weighted by atomic mass is 10.3. The van der Waals surface area contributed by atoms with Crippen LogP contribution < -0.4 is 4.72 Å². The number of nitrogens with zero attached hydrogens (tertiary/aromatic N) is 1. The Kier molecular flexibility index (Phi) is 5.00. The molecular weight excluding hydrogens is 312 g/mol. The Morgan fingerprint density at radius 3 is 2.81 bits per heavy atom. The highest BCUT2D eigenvalue weighted by atomic mass is 32.2. The van der Waals surface area contributed by atoms with Crippen molar-refractivity contribution in [2.45, 2.75) is 42.4 Å². The van der Waals surface area contributed by atoms with Crippen molar-refractivity contribution < 1.29 is 18.3 Å². The fraction of sp³-hybridized carbons (Fsp3) is 0.615. The van der Waals surface area contributed by atoms with Crippen LogP contribution in [0.2, 0.25) is 0 Å². The molecule has 2 unspecified atom stereocenters. The van der Waals surface area contributed by atoms with Gasteiger partial charge in [0.25, 0.3) is 0 Å². The van der Waals surface area contributed by atoms with Gasteiger partial charge >= 0.3 is 5.97 Å². The van der Waals surface area contributed by atoms with Gasteiger partial charge in [-0.25, -0.2) is 17.9 Å². The van der Waals surface area contributed by atoms with Crippen LogP contribution in [0.1, 0.15) is 36.7 Å². The maximum Gasteiger partial charge on any atom is 0.352 e. The van der Waals surface area contributed by atoms with E-state index in [1.165, 1.54) is 23.9 Å². The highest BCUT2D eigenvalue weighted by molar-refractivity contribution is 8.00. The summed E-state index contributed by atoms with van der Waals surface area (Å²) in [4.78, 5) is 11.0. The first-order valence-electron chi connectivity index (χ1n) is 6.88. The van der Waals surface area contributed by atoms with E-state index in [1.807, 2.05) is 0 Å². The van der Waals surface area contributed by atoms with Crippen LogP contribution in [0.25, 0.3) is 0 Å². The van der Waals surface area contributed by atoms with Crippen LogP contribution in [0.15, 0.2) is 17.2 Å². The molecule has 1 aromatic rings. The van der Waals surface area contributed by atoms with Gasteiger partial charge in [0, 0.05) is 24.5 Å². The third kappa shape index (κ3) is 3.61. The van der Waals surface area contributed by atoms with Crippen LogP contribution in [-0.2, 0) is 17.1 Å². The molecule has 0 bridgehead atoms. The Balaban J connectivity index is 2.18. The molecule has 1 aliphatic rings. The minimum Gasteiger partial charge on any atom is -0.477 e. The van der Waals surface area contributed by atoms with Gasteiger partial charge in [0.1, 0.15) is 10.6 Å². The molecule has 6 nitrogen and oxygen atoms in total. The lowest BCUT2D eigenvalue weighted by Gasteiger charge is -2.19. The zero-order valence-corrected chi connectivity index (χ0v) is 13.7. The Hall–Kier alpha value is -0.990. The third-order valence-corrected chi connectivity index (χ3v) is 6.43. The summed E-state index contributed by atoms with van der Waals surface area (Å²) in [6.07, 6.45) is 4.19. The number of hydrogen-bond acceptors (Lipinski definition) is 4. The molecule has 118 valence electrons. The van der Waals surface area contributed by atoms with Crippen molar-refractivity contribution in [2.24, 2.45) is 7.05 Å². The number of thioether (sulfide) groups is 1. The van der Waals surface area contributed by atoms with Crippen molar-refractivity contribution in [1.82, 2.24) is 9.29 Å². The number of aromatic nitrogens is 1. The van der Waals surface area contributed by atoms with E-state index in [0.717, 1.165) is 25.0 Å². The molecule has 1 aliphatic carbocycles. The summed E-state index contributed by atoms with van der Waals surface area (Å²) in [7, 11) is -2.16. The zero-order valence-electron chi connectivity index (χ0n) is 12.1. The van der Waals surface area contributed by atoms with Crippen molar-refractivity contribution in [3.8, 4) is 0 Å². The molecule has 0 saturated heterocycles. The second kappa shape index (κ2) is 6.41. The number of aryl methyl sites for hydroxylation is 1. The van der Waals surface area contributed by atoms with Crippen LogP contribution in [0, 0.1) is 0 Å². The van der Waals surface area contributed by atoms with E-state index in [9.17, 15) is 13.2 Å². The van der Waals surface area contributed by atoms with E-state index in [4.69, 9.17) is 5.11 Å². The normalized spacial score (nSPS) is 22.6. The van der Waals surface area contributed by atoms with Crippen molar-refractivity contribution in [3.63, 3.8) is 0 Å². The monoisotopic (exact) mass is 332 g/mol. The van der Waals surface area contributed by atoms with Crippen LogP contribution in [0.3, 0.4) is 0 Å². The second-order valence-corrected chi connectivity index (χ2v) is 8.36. The van der Waals surface area contributed by atoms with Crippen LogP contribution in [-0.4, -0.2) is 41.1 Å². The van der Waals surface area contributed by atoms with Gasteiger partial charge in [-0.05, 0) is 24.7 Å². The molecule has 21 heavy (non-hydrogen) atoms. The molecule has 2 rings (SSSR count). The summed E-state index contributed by atoms with van der Waals surface area (Å²) in [6, 6.07) is 1.12. The third-order valence-electron chi connectivity index (χ3n) is 3.65. The molecule has 0 spiro atoms. The standard InChI is InChI=1S/C13H20N2O4S2/c1-3-20-12-6-4-5-10(12)14-21(18,19)9-7-11(13(16)17)15(2)8-9/h7-8,10,12,14H,3-6H2,1-2H3,(H,16,17). The summed E-state index contributed by atoms with van der Waals surface area (Å²) < 4.78 is 28.8. The molecule has 0 aromatic carbocycles. The van der Waals surface area contributed by atoms with Crippen molar-refractivity contribution in [1.29, 1.82) is 0 Å². The number of carboxylic acid groups (broad SMARTS) is 1. The molecule has 2 N–H and O–H groups in total. The second-order valence-electron chi connectivity index (χ2n) is 5.13. The minimum absolute atomic E-state index is 0.00884. The van der Waals surface area contributed by atoms with E-state index >= 15 is 0 Å². The number of aromatic carboxylic acids is 1. The van der Waals surface area contributed by atoms with E-state index in [0.29, 0.717) is 5.25 Å². The number of hydrogen-bond donors (Lipinski definition) is 2. The number of sulfonamides is 1. The summed E-state index contributed by atoms with van der Waals surface area (Å²) >= 11 is 1.77. The van der Waals surface area contributed by atoms with Gasteiger partial charge in [0.15, 0.2) is 0 Å². The quantitative estimate of drug-likeness (QED) is 0.827. The van der Waals surface area contributed by atoms with Crippen molar-refractivity contribution in [2.75, 3.05) is 5.75 Å². The van der Waals surface area contributed by atoms with E-state index in [-0.39, 0.29) is 16.6 Å². The molecule has 1 aromatic heterocycles. The van der Waals surface area contributed by atoms with Gasteiger partial charge in [-0.15, -0.1) is 0 Å². The minimum atomic E-state index is -3.68. The zero-order chi connectivity index (χ0) is 15.6. The largest absolute Gasteiger partial charge is 0.477 e. The highest BCUT2D eigenvalue weighted by Crippen LogP contribution is 2.31. The number of rotatable bonds is 6. The van der Waals surface area contributed by atoms with Gasteiger partial charge in [-0.2, -0.15) is 11.8 Å². The molecule has 0 radical (unpaired) electrons. The van der Waals surface area contributed by atoms with E-state index in [1.54, 1.807) is 11.8 Å². The topological polar surface area (TPSA) is 88.4 Å². The predicted molar refractivity (Wildman–Crippen MR) is 82.3 cm³/mol. The van der Waals surface area contributed by atoms with Crippen molar-refractivity contribution in [3.05, 3.63) is 18.0 Å². The summed E-state index contributed by atoms with van der Waals surface area (Å²) in [5.74, 6) is -0.184. The summed E-state index contributed by atoms with van der Waals surface area (Å²) in [6.45, 7) is 2.06. The number of nitrogens with one attached hydrogen (secondary N) is 1. The molecular formula is C13H20N2O4S2. The maximum absolute atomic E-state index is 12.4. The SMILES string of the molecule is CCSC1CCCC1NS(=O)(=O)c1cc(C(=O)O)n(C)c1. The molecule has 1 fully saturated rings. The molecule has 0 aliphatic heterocycles.